The molecule has 0 saturated heterocycles. The van der Waals surface area contributed by atoms with Gasteiger partial charge in [-0.2, -0.15) is 4.57 Å². The zero-order valence-electron chi connectivity index (χ0n) is 12.4. The molecule has 3 heteroatoms. The van der Waals surface area contributed by atoms with Gasteiger partial charge in [-0.3, -0.25) is 0 Å². The fourth-order valence-electron chi connectivity index (χ4n) is 1.47. The largest absolute Gasteiger partial charge is 0.504 e. The van der Waals surface area contributed by atoms with Crippen molar-refractivity contribution < 1.29 is 14.8 Å². The molecule has 3 nitrogen and oxygen atoms in total. The topological polar surface area (TPSA) is 44.3 Å². The fraction of sp³-hybridized carbons (Fsp3) is 0.400. The molecular weight excluding hydrogens is 226 g/mol. The summed E-state index contributed by atoms with van der Waals surface area (Å²) >= 11 is 0. The van der Waals surface area contributed by atoms with Gasteiger partial charge in [0, 0.05) is 5.57 Å². The van der Waals surface area contributed by atoms with Crippen molar-refractivity contribution in [2.24, 2.45) is 7.05 Å². The molecule has 1 heterocycles. The number of allylic oxidation sites excluding steroid dienone is 1. The molecule has 1 rings (SSSR count). The zero-order chi connectivity index (χ0) is 14.9. The van der Waals surface area contributed by atoms with Crippen LogP contribution in [0.5, 0.6) is 11.5 Å². The average molecular weight is 252 g/mol. The lowest BCUT2D eigenvalue weighted by atomic mass is 10.1. The second-order valence-corrected chi connectivity index (χ2v) is 3.22. The number of aromatic hydroxyl groups is 2. The Bertz CT molecular complexity index is 409. The van der Waals surface area contributed by atoms with E-state index in [1.54, 1.807) is 11.6 Å². The van der Waals surface area contributed by atoms with Gasteiger partial charge >= 0.3 is 0 Å². The number of hydrogen-bond donors (Lipinski definition) is 2. The smallest absolute Gasteiger partial charge is 0.223 e. The first kappa shape index (κ1) is 18.6. The summed E-state index contributed by atoms with van der Waals surface area (Å²) in [6.45, 7) is 17.2. The van der Waals surface area contributed by atoms with Crippen LogP contribution < -0.4 is 4.57 Å². The van der Waals surface area contributed by atoms with Gasteiger partial charge in [-0.15, -0.1) is 0 Å². The minimum atomic E-state index is -0.160. The van der Waals surface area contributed by atoms with Crippen LogP contribution in [-0.2, 0) is 7.05 Å². The molecule has 0 saturated carbocycles. The third-order valence-electron chi connectivity index (χ3n) is 2.03. The van der Waals surface area contributed by atoms with Gasteiger partial charge < -0.3 is 10.2 Å². The summed E-state index contributed by atoms with van der Waals surface area (Å²) in [5.74, 6) is -0.316. The fourth-order valence-corrected chi connectivity index (χ4v) is 1.47. The van der Waals surface area contributed by atoms with E-state index in [4.69, 9.17) is 0 Å². The predicted octanol–water partition coefficient (Wildman–Crippen LogP) is 3.65. The number of hydrogen-bond acceptors (Lipinski definition) is 2. The van der Waals surface area contributed by atoms with Gasteiger partial charge in [-0.1, -0.05) is 46.9 Å². The number of nitrogens with zero attached hydrogens (tertiary/aromatic N) is 1. The highest BCUT2D eigenvalue weighted by Crippen LogP contribution is 2.31. The Kier molecular flexibility index (Phi) is 9.58. The summed E-state index contributed by atoms with van der Waals surface area (Å²) < 4.78 is 1.70. The van der Waals surface area contributed by atoms with Gasteiger partial charge in [0.05, 0.1) is 5.56 Å². The van der Waals surface area contributed by atoms with Crippen molar-refractivity contribution >= 4 is 11.6 Å². The Balaban J connectivity index is 0. The molecule has 0 fully saturated rings. The molecule has 0 spiro atoms. The van der Waals surface area contributed by atoms with Crippen molar-refractivity contribution in [1.82, 2.24) is 0 Å². The maximum absolute atomic E-state index is 9.58. The van der Waals surface area contributed by atoms with Gasteiger partial charge in [-0.05, 0) is 6.92 Å². The third kappa shape index (κ3) is 4.24. The lowest BCUT2D eigenvalue weighted by molar-refractivity contribution is -0.674. The second-order valence-electron chi connectivity index (χ2n) is 3.22. The first-order valence-electron chi connectivity index (χ1n) is 6.22. The summed E-state index contributed by atoms with van der Waals surface area (Å²) in [5, 5.41) is 18.9. The van der Waals surface area contributed by atoms with Gasteiger partial charge in [0.1, 0.15) is 7.05 Å². The Labute approximate surface area is 111 Å². The number of aryl methyl sites for hydroxylation is 1. The van der Waals surface area contributed by atoms with Crippen molar-refractivity contribution in [3.63, 3.8) is 0 Å². The maximum Gasteiger partial charge on any atom is 0.223 e. The summed E-state index contributed by atoms with van der Waals surface area (Å²) in [4.78, 5) is 0. The molecule has 1 aromatic rings. The van der Waals surface area contributed by atoms with Gasteiger partial charge in [0.2, 0.25) is 17.6 Å². The van der Waals surface area contributed by atoms with Crippen molar-refractivity contribution in [2.75, 3.05) is 0 Å². The lowest BCUT2D eigenvalue weighted by Crippen LogP contribution is -2.33. The molecule has 1 aromatic heterocycles. The number of aromatic nitrogens is 1. The van der Waals surface area contributed by atoms with E-state index in [0.29, 0.717) is 5.56 Å². The van der Waals surface area contributed by atoms with Crippen molar-refractivity contribution in [3.8, 4) is 11.5 Å². The van der Waals surface area contributed by atoms with Crippen molar-refractivity contribution in [3.05, 3.63) is 30.6 Å². The van der Waals surface area contributed by atoms with Crippen LogP contribution in [0.15, 0.2) is 19.4 Å². The minimum Gasteiger partial charge on any atom is -0.504 e. The molecule has 0 radical (unpaired) electrons. The minimum absolute atomic E-state index is 0.156. The molecule has 2 N–H and O–H groups in total. The predicted molar refractivity (Wildman–Crippen MR) is 78.4 cm³/mol. The van der Waals surface area contributed by atoms with Crippen LogP contribution in [0.3, 0.4) is 0 Å². The first-order valence-corrected chi connectivity index (χ1v) is 6.22. The summed E-state index contributed by atoms with van der Waals surface area (Å²) in [5.41, 5.74) is 2.06. The second kappa shape index (κ2) is 9.28. The van der Waals surface area contributed by atoms with E-state index >= 15 is 0 Å². The zero-order valence-corrected chi connectivity index (χ0v) is 12.4. The van der Waals surface area contributed by atoms with E-state index < -0.39 is 0 Å². The Morgan fingerprint density at radius 3 is 2.00 bits per heavy atom. The Morgan fingerprint density at radius 1 is 1.22 bits per heavy atom. The molecule has 0 amide bonds. The molecule has 0 aliphatic heterocycles. The first-order chi connectivity index (χ1) is 8.49. The van der Waals surface area contributed by atoms with E-state index in [9.17, 15) is 10.2 Å². The van der Waals surface area contributed by atoms with Gasteiger partial charge in [0.25, 0.3) is 0 Å². The maximum atomic E-state index is 9.58. The van der Waals surface area contributed by atoms with Crippen molar-refractivity contribution in [1.29, 1.82) is 0 Å². The van der Waals surface area contributed by atoms with Crippen molar-refractivity contribution in [2.45, 2.75) is 34.6 Å². The highest BCUT2D eigenvalue weighted by Gasteiger charge is 2.20. The van der Waals surface area contributed by atoms with Crippen LogP contribution in [0.1, 0.15) is 45.9 Å². The van der Waals surface area contributed by atoms with E-state index in [-0.39, 0.29) is 11.5 Å². The molecule has 0 atom stereocenters. The van der Waals surface area contributed by atoms with Gasteiger partial charge in [-0.25, -0.2) is 0 Å². The SMILES string of the molecule is C=Cc1c(O)c(O)c[n+](C)c1C(=C)C.CC.CC. The highest BCUT2D eigenvalue weighted by atomic mass is 16.3. The van der Waals surface area contributed by atoms with Gasteiger partial charge in [0.15, 0.2) is 5.75 Å². The average Bonchev–Trinajstić information content (AvgIpc) is 2.37. The van der Waals surface area contributed by atoms with Crippen LogP contribution in [0.25, 0.3) is 11.6 Å². The molecule has 0 aliphatic rings. The van der Waals surface area contributed by atoms with Crippen LogP contribution in [0, 0.1) is 0 Å². The number of rotatable bonds is 2. The summed E-state index contributed by atoms with van der Waals surface area (Å²) in [6, 6.07) is 0. The summed E-state index contributed by atoms with van der Waals surface area (Å²) in [6.07, 6.45) is 2.94. The van der Waals surface area contributed by atoms with E-state index in [0.717, 1.165) is 11.3 Å². The molecule has 102 valence electrons. The Hall–Kier alpha value is -1.77. The van der Waals surface area contributed by atoms with Crippen LogP contribution in [0.2, 0.25) is 0 Å². The quantitative estimate of drug-likeness (QED) is 0.789. The number of pyridine rings is 1. The normalized spacial score (nSPS) is 8.33. The standard InChI is InChI=1S/C11H13NO2.2C2H6/c1-5-8-10(7(2)3)12(4)6-9(13)11(8)14;2*1-2/h5-6,13H,1-2H2,3-4H3;2*1-2H3/p+1. The molecular formula is C15H26NO2+. The molecule has 0 aromatic carbocycles. The van der Waals surface area contributed by atoms with Crippen LogP contribution in [0.4, 0.5) is 0 Å². The molecule has 0 aliphatic carbocycles. The molecule has 18 heavy (non-hydrogen) atoms. The van der Waals surface area contributed by atoms with Crippen LogP contribution in [-0.4, -0.2) is 10.2 Å². The lowest BCUT2D eigenvalue weighted by Gasteiger charge is -2.06. The van der Waals surface area contributed by atoms with E-state index in [2.05, 4.69) is 13.2 Å². The van der Waals surface area contributed by atoms with E-state index in [1.807, 2.05) is 34.6 Å². The van der Waals surface area contributed by atoms with Crippen LogP contribution >= 0.6 is 0 Å². The summed E-state index contributed by atoms with van der Waals surface area (Å²) in [7, 11) is 1.77. The highest BCUT2D eigenvalue weighted by molar-refractivity contribution is 5.71. The molecule has 0 bridgehead atoms. The van der Waals surface area contributed by atoms with E-state index in [1.165, 1.54) is 12.3 Å². The third-order valence-corrected chi connectivity index (χ3v) is 2.03. The monoisotopic (exact) mass is 252 g/mol. The molecule has 0 unspecified atom stereocenters. The Morgan fingerprint density at radius 2 is 1.67 bits per heavy atom.